The number of halogens is 1. The Bertz CT molecular complexity index is 1350. The highest BCUT2D eigenvalue weighted by atomic mass is 19.1. The third-order valence-electron chi connectivity index (χ3n) is 5.88. The van der Waals surface area contributed by atoms with E-state index in [0.717, 1.165) is 32.9 Å². The van der Waals surface area contributed by atoms with Crippen molar-refractivity contribution in [3.8, 4) is 0 Å². The molecule has 1 aliphatic rings. The molecule has 140 valence electrons. The number of hydrogen-bond donors (Lipinski definition) is 3. The van der Waals surface area contributed by atoms with Crippen LogP contribution in [0, 0.1) is 5.82 Å². The quantitative estimate of drug-likeness (QED) is 0.386. The fourth-order valence-corrected chi connectivity index (χ4v) is 4.56. The van der Waals surface area contributed by atoms with Crippen molar-refractivity contribution in [1.29, 1.82) is 0 Å². The zero-order valence-electron chi connectivity index (χ0n) is 15.3. The summed E-state index contributed by atoms with van der Waals surface area (Å²) in [6.45, 7) is 0. The zero-order chi connectivity index (χ0) is 19.6. The lowest BCUT2D eigenvalue weighted by Crippen LogP contribution is -2.39. The van der Waals surface area contributed by atoms with Crippen LogP contribution in [0.25, 0.3) is 21.8 Å². The maximum atomic E-state index is 14.0. The number of H-pyrrole nitrogens is 2. The summed E-state index contributed by atoms with van der Waals surface area (Å²) in [5.74, 6) is -0.589. The first-order valence-corrected chi connectivity index (χ1v) is 9.44. The van der Waals surface area contributed by atoms with Crippen LogP contribution in [-0.4, -0.2) is 15.8 Å². The normalized spacial score (nSPS) is 15.0. The van der Waals surface area contributed by atoms with E-state index in [1.807, 2.05) is 60.9 Å². The van der Waals surface area contributed by atoms with E-state index in [4.69, 9.17) is 0 Å². The van der Waals surface area contributed by atoms with Gasteiger partial charge in [-0.05, 0) is 30.3 Å². The van der Waals surface area contributed by atoms with Gasteiger partial charge >= 0.3 is 0 Å². The molecule has 4 nitrogen and oxygen atoms in total. The lowest BCUT2D eigenvalue weighted by Gasteiger charge is -2.28. The molecule has 0 fully saturated rings. The van der Waals surface area contributed by atoms with Gasteiger partial charge in [0.1, 0.15) is 5.82 Å². The van der Waals surface area contributed by atoms with Crippen LogP contribution in [0.4, 0.5) is 10.1 Å². The van der Waals surface area contributed by atoms with Gasteiger partial charge in [-0.25, -0.2) is 4.39 Å². The number of ketones is 1. The molecule has 1 aliphatic heterocycles. The smallest absolute Gasteiger partial charge is 0.199 e. The molecule has 5 heteroatoms. The molecule has 0 unspecified atom stereocenters. The average molecular weight is 381 g/mol. The number of para-hydroxylation sites is 2. The van der Waals surface area contributed by atoms with Gasteiger partial charge < -0.3 is 15.3 Å². The predicted octanol–water partition coefficient (Wildman–Crippen LogP) is 5.34. The highest BCUT2D eigenvalue weighted by Crippen LogP contribution is 2.48. The first-order chi connectivity index (χ1) is 14.2. The second kappa shape index (κ2) is 5.58. The summed E-state index contributed by atoms with van der Waals surface area (Å²) in [6, 6.07) is 20.1. The minimum Gasteiger partial charge on any atom is -0.365 e. The number of carbonyl (C=O) groups excluding carboxylic acids is 1. The second-order valence-electron chi connectivity index (χ2n) is 7.39. The summed E-state index contributed by atoms with van der Waals surface area (Å²) < 4.78 is 14.0. The number of nitrogens with one attached hydrogen (secondary N) is 3. The van der Waals surface area contributed by atoms with Gasteiger partial charge in [-0.15, -0.1) is 0 Å². The Hall–Kier alpha value is -3.86. The van der Waals surface area contributed by atoms with E-state index in [2.05, 4.69) is 15.3 Å². The Labute approximate surface area is 165 Å². The highest BCUT2D eigenvalue weighted by Gasteiger charge is 2.50. The Morgan fingerprint density at radius 2 is 1.34 bits per heavy atom. The van der Waals surface area contributed by atoms with Crippen molar-refractivity contribution in [2.24, 2.45) is 0 Å². The fourth-order valence-electron chi connectivity index (χ4n) is 4.56. The molecule has 0 saturated heterocycles. The number of anilines is 1. The van der Waals surface area contributed by atoms with E-state index in [1.165, 1.54) is 12.1 Å². The van der Waals surface area contributed by atoms with Crippen molar-refractivity contribution in [1.82, 2.24) is 9.97 Å². The first kappa shape index (κ1) is 16.1. The third kappa shape index (κ3) is 2.04. The minimum atomic E-state index is -1.16. The molecule has 0 saturated carbocycles. The van der Waals surface area contributed by atoms with Gasteiger partial charge in [0.05, 0.1) is 0 Å². The summed E-state index contributed by atoms with van der Waals surface area (Å²) >= 11 is 0. The molecular formula is C24H16FN3O. The summed E-state index contributed by atoms with van der Waals surface area (Å²) in [5, 5.41) is 5.36. The Morgan fingerprint density at radius 1 is 0.759 bits per heavy atom. The average Bonchev–Trinajstić information content (AvgIpc) is 3.43. The second-order valence-corrected chi connectivity index (χ2v) is 7.39. The van der Waals surface area contributed by atoms with Crippen LogP contribution in [0.2, 0.25) is 0 Å². The molecule has 0 atom stereocenters. The van der Waals surface area contributed by atoms with Gasteiger partial charge in [-0.1, -0.05) is 36.4 Å². The highest BCUT2D eigenvalue weighted by molar-refractivity contribution is 6.18. The van der Waals surface area contributed by atoms with Crippen LogP contribution >= 0.6 is 0 Å². The van der Waals surface area contributed by atoms with Gasteiger partial charge in [-0.2, -0.15) is 0 Å². The van der Waals surface area contributed by atoms with Crippen molar-refractivity contribution in [3.05, 3.63) is 102 Å². The number of Topliss-reactive ketones (excluding diaryl/α,β-unsaturated/α-hetero) is 1. The number of fused-ring (bicyclic) bond motifs is 3. The fraction of sp³-hybridized carbons (Fsp3) is 0.0417. The van der Waals surface area contributed by atoms with Crippen molar-refractivity contribution in [3.63, 3.8) is 0 Å². The van der Waals surface area contributed by atoms with E-state index >= 15 is 0 Å². The van der Waals surface area contributed by atoms with Gasteiger partial charge in [0.15, 0.2) is 11.3 Å². The molecule has 3 heterocycles. The van der Waals surface area contributed by atoms with Crippen LogP contribution in [0.15, 0.2) is 79.1 Å². The van der Waals surface area contributed by atoms with Crippen molar-refractivity contribution in [2.75, 3.05) is 5.32 Å². The van der Waals surface area contributed by atoms with Crippen LogP contribution in [-0.2, 0) is 5.54 Å². The maximum absolute atomic E-state index is 14.0. The summed E-state index contributed by atoms with van der Waals surface area (Å²) in [5.41, 5.74) is 3.36. The molecule has 3 aromatic carbocycles. The predicted molar refractivity (Wildman–Crippen MR) is 112 cm³/mol. The minimum absolute atomic E-state index is 0.165. The molecule has 0 spiro atoms. The van der Waals surface area contributed by atoms with Crippen LogP contribution < -0.4 is 5.32 Å². The van der Waals surface area contributed by atoms with E-state index < -0.39 is 11.4 Å². The van der Waals surface area contributed by atoms with E-state index in [9.17, 15) is 9.18 Å². The monoisotopic (exact) mass is 381 g/mol. The lowest BCUT2D eigenvalue weighted by atomic mass is 9.79. The van der Waals surface area contributed by atoms with Crippen molar-refractivity contribution >= 4 is 33.3 Å². The molecule has 2 aromatic heterocycles. The molecule has 0 bridgehead atoms. The van der Waals surface area contributed by atoms with Gasteiger partial charge in [-0.3, -0.25) is 4.79 Å². The topological polar surface area (TPSA) is 60.7 Å². The molecule has 3 N–H and O–H groups in total. The molecule has 5 aromatic rings. The Morgan fingerprint density at radius 3 is 1.97 bits per heavy atom. The molecule has 6 rings (SSSR count). The van der Waals surface area contributed by atoms with E-state index in [1.54, 1.807) is 6.07 Å². The summed E-state index contributed by atoms with van der Waals surface area (Å²) in [7, 11) is 0. The maximum Gasteiger partial charge on any atom is 0.199 e. The molecule has 29 heavy (non-hydrogen) atoms. The van der Waals surface area contributed by atoms with E-state index in [0.29, 0.717) is 11.3 Å². The van der Waals surface area contributed by atoms with Gasteiger partial charge in [0.2, 0.25) is 0 Å². The van der Waals surface area contributed by atoms with Gasteiger partial charge in [0.25, 0.3) is 0 Å². The van der Waals surface area contributed by atoms with Gasteiger partial charge in [0, 0.05) is 56.6 Å². The standard InChI is InChI=1S/C24H16FN3O/c25-14-9-10-22-17(11-14)23(29)24(28-22,18-12-26-20-7-3-1-5-15(18)20)19-13-27-21-8-4-2-6-16(19)21/h1-13,26-28H. The van der Waals surface area contributed by atoms with Crippen LogP contribution in [0.1, 0.15) is 21.5 Å². The van der Waals surface area contributed by atoms with Crippen LogP contribution in [0.3, 0.4) is 0 Å². The van der Waals surface area contributed by atoms with Crippen LogP contribution in [0.5, 0.6) is 0 Å². The number of aromatic amines is 2. The third-order valence-corrected chi connectivity index (χ3v) is 5.88. The number of benzene rings is 3. The summed E-state index contributed by atoms with van der Waals surface area (Å²) in [6.07, 6.45) is 3.75. The van der Waals surface area contributed by atoms with E-state index in [-0.39, 0.29) is 5.78 Å². The van der Waals surface area contributed by atoms with Crippen molar-refractivity contribution in [2.45, 2.75) is 5.54 Å². The zero-order valence-corrected chi connectivity index (χ0v) is 15.3. The molecule has 0 aliphatic carbocycles. The molecular weight excluding hydrogens is 365 g/mol. The first-order valence-electron chi connectivity index (χ1n) is 9.44. The largest absolute Gasteiger partial charge is 0.365 e. The number of rotatable bonds is 2. The van der Waals surface area contributed by atoms with Crippen molar-refractivity contribution < 1.29 is 9.18 Å². The SMILES string of the molecule is O=C1c2cc(F)ccc2NC1(c1c[nH]c2ccccc12)c1c[nH]c2ccccc12. The summed E-state index contributed by atoms with van der Waals surface area (Å²) in [4.78, 5) is 20.5. The molecule has 0 radical (unpaired) electrons. The number of aromatic nitrogens is 2. The Balaban J connectivity index is 1.72. The molecule has 0 amide bonds. The number of hydrogen-bond acceptors (Lipinski definition) is 2. The number of carbonyl (C=O) groups is 1. The lowest BCUT2D eigenvalue weighted by molar-refractivity contribution is 0.0942. The Kier molecular flexibility index (Phi) is 3.10.